The number of fused-ring (bicyclic) bond motifs is 1. The molecule has 6 aromatic rings. The summed E-state index contributed by atoms with van der Waals surface area (Å²) in [4.78, 5) is 33.3. The molecule has 1 aliphatic rings. The summed E-state index contributed by atoms with van der Waals surface area (Å²) in [6.45, 7) is 2.70. The molecule has 1 fully saturated rings. The number of phenolic OH excluding ortho intramolecular Hbond substituents is 2. The number of aliphatic hydroxyl groups is 1. The Bertz CT molecular complexity index is 2630. The number of amides is 1. The quantitative estimate of drug-likeness (QED) is 0.0217. The SMILES string of the molecule is CCC(COC1CN(C(=O)OCc2cccc(CO)c2)CC(OCc2cc(O)c3ccccc3c2)C1c1ccc(OCCCOCc2ccccc2O)cc1)OC(=O)OCc1cccc(CON(O)O)c1. The lowest BCUT2D eigenvalue weighted by molar-refractivity contribution is -0.497. The molecule has 0 aromatic heterocycles. The van der Waals surface area contributed by atoms with Crippen molar-refractivity contribution < 1.29 is 73.3 Å². The Kier molecular flexibility index (Phi) is 19.4. The molecule has 0 spiro atoms. The topological polar surface area (TPSA) is 216 Å². The number of ether oxygens (including phenoxy) is 7. The summed E-state index contributed by atoms with van der Waals surface area (Å²) in [5.74, 6) is 0.450. The highest BCUT2D eigenvalue weighted by molar-refractivity contribution is 5.88. The van der Waals surface area contributed by atoms with Gasteiger partial charge in [-0.05, 0) is 75.5 Å². The van der Waals surface area contributed by atoms with E-state index in [1.165, 1.54) is 4.90 Å². The van der Waals surface area contributed by atoms with Crippen LogP contribution in [0.5, 0.6) is 17.2 Å². The van der Waals surface area contributed by atoms with Gasteiger partial charge in [-0.1, -0.05) is 110 Å². The number of hydrogen-bond acceptors (Lipinski definition) is 16. The monoisotopic (exact) mass is 976 g/mol. The molecule has 7 rings (SSSR count). The minimum atomic E-state index is -0.924. The minimum absolute atomic E-state index is 0.0416. The second-order valence-electron chi connectivity index (χ2n) is 17.0. The predicted octanol–water partition coefficient (Wildman–Crippen LogP) is 9.08. The second-order valence-corrected chi connectivity index (χ2v) is 17.0. The lowest BCUT2D eigenvalue weighted by Crippen LogP contribution is -2.55. The number of benzene rings is 6. The molecule has 0 saturated carbocycles. The second kappa shape index (κ2) is 26.4. The molecule has 1 aliphatic heterocycles. The fourth-order valence-electron chi connectivity index (χ4n) is 8.23. The van der Waals surface area contributed by atoms with Crippen molar-refractivity contribution in [2.24, 2.45) is 0 Å². The van der Waals surface area contributed by atoms with Gasteiger partial charge in [-0.2, -0.15) is 0 Å². The first-order valence-corrected chi connectivity index (χ1v) is 23.4. The molecule has 5 N–H and O–H groups in total. The zero-order valence-electron chi connectivity index (χ0n) is 39.4. The molecular weight excluding hydrogens is 917 g/mol. The van der Waals surface area contributed by atoms with Crippen molar-refractivity contribution >= 4 is 23.0 Å². The first-order chi connectivity index (χ1) is 34.5. The molecule has 0 radical (unpaired) electrons. The number of aromatic hydroxyl groups is 2. The van der Waals surface area contributed by atoms with E-state index in [0.717, 1.165) is 10.9 Å². The third-order valence-corrected chi connectivity index (χ3v) is 11.9. The zero-order valence-corrected chi connectivity index (χ0v) is 39.4. The fourth-order valence-corrected chi connectivity index (χ4v) is 8.23. The average molecular weight is 977 g/mol. The summed E-state index contributed by atoms with van der Waals surface area (Å²) >= 11 is 0. The molecular formula is C54H60N2O15. The fraction of sp³-hybridized carbons (Fsp3) is 0.333. The molecule has 17 nitrogen and oxygen atoms in total. The van der Waals surface area contributed by atoms with Gasteiger partial charge in [0, 0.05) is 23.3 Å². The van der Waals surface area contributed by atoms with Crippen LogP contribution in [0.2, 0.25) is 0 Å². The molecule has 0 aliphatic carbocycles. The van der Waals surface area contributed by atoms with E-state index in [1.54, 1.807) is 66.7 Å². The Morgan fingerprint density at radius 3 is 2.08 bits per heavy atom. The zero-order chi connectivity index (χ0) is 50.0. The number of aliphatic hydroxyl groups excluding tert-OH is 1. The molecule has 376 valence electrons. The third kappa shape index (κ3) is 15.6. The number of nitrogens with zero attached hydrogens (tertiary/aromatic N) is 2. The molecule has 17 heteroatoms. The van der Waals surface area contributed by atoms with Crippen molar-refractivity contribution in [3.05, 3.63) is 172 Å². The van der Waals surface area contributed by atoms with E-state index in [0.29, 0.717) is 70.6 Å². The number of phenols is 2. The van der Waals surface area contributed by atoms with Crippen molar-refractivity contribution in [3.8, 4) is 17.2 Å². The number of carbonyl (C=O) groups excluding carboxylic acids is 2. The van der Waals surface area contributed by atoms with E-state index in [4.69, 9.17) is 43.6 Å². The molecule has 0 bridgehead atoms. The van der Waals surface area contributed by atoms with Gasteiger partial charge in [0.2, 0.25) is 0 Å². The Labute approximate surface area is 411 Å². The third-order valence-electron chi connectivity index (χ3n) is 11.9. The summed E-state index contributed by atoms with van der Waals surface area (Å²) < 4.78 is 42.3. The standard InChI is InChI=1S/C54H60N2O15/c1-2-45(71-54(61)69-32-39-12-8-13-40(25-39)34-70-56(62)63)36-67-51-29-55(53(60)68-31-38-11-7-10-37(24-38)30-57)28-50(66-33-41-26-43-14-3-5-16-47(43)49(59)27-41)52(51)42-18-20-46(21-19-42)65-23-9-22-64-35-44-15-4-6-17-48(44)58/h3-8,10-21,24-27,45,50-52,57-59,62-63H,2,9,22-23,28-36H2,1H3. The maximum Gasteiger partial charge on any atom is 0.508 e. The maximum absolute atomic E-state index is 14.0. The van der Waals surface area contributed by atoms with Crippen LogP contribution in [0.15, 0.2) is 133 Å². The normalized spacial score (nSPS) is 16.2. The van der Waals surface area contributed by atoms with Gasteiger partial charge in [-0.15, -0.1) is 0 Å². The van der Waals surface area contributed by atoms with Crippen molar-refractivity contribution in [3.63, 3.8) is 0 Å². The number of piperidine rings is 1. The van der Waals surface area contributed by atoms with Crippen LogP contribution < -0.4 is 4.74 Å². The highest BCUT2D eigenvalue weighted by Crippen LogP contribution is 2.36. The van der Waals surface area contributed by atoms with Crippen molar-refractivity contribution in [2.75, 3.05) is 32.9 Å². The molecule has 1 amide bonds. The van der Waals surface area contributed by atoms with Gasteiger partial charge in [-0.3, -0.25) is 10.4 Å². The van der Waals surface area contributed by atoms with Crippen LogP contribution >= 0.6 is 0 Å². The highest BCUT2D eigenvalue weighted by atomic mass is 17.1. The lowest BCUT2D eigenvalue weighted by Gasteiger charge is -2.43. The summed E-state index contributed by atoms with van der Waals surface area (Å²) in [6, 6.07) is 39.7. The average Bonchev–Trinajstić information content (AvgIpc) is 3.39. The van der Waals surface area contributed by atoms with Crippen LogP contribution in [0, 0.1) is 0 Å². The Balaban J connectivity index is 1.08. The van der Waals surface area contributed by atoms with Gasteiger partial charge >= 0.3 is 12.2 Å². The maximum atomic E-state index is 14.0. The van der Waals surface area contributed by atoms with Crippen molar-refractivity contribution in [1.29, 1.82) is 0 Å². The van der Waals surface area contributed by atoms with E-state index in [1.807, 2.05) is 73.7 Å². The van der Waals surface area contributed by atoms with Crippen LogP contribution in [0.25, 0.3) is 10.8 Å². The largest absolute Gasteiger partial charge is 0.508 e. The van der Waals surface area contributed by atoms with Gasteiger partial charge in [0.15, 0.2) is 0 Å². The molecule has 1 saturated heterocycles. The van der Waals surface area contributed by atoms with Crippen LogP contribution in [0.4, 0.5) is 9.59 Å². The van der Waals surface area contributed by atoms with Crippen LogP contribution in [-0.2, 0) is 72.9 Å². The van der Waals surface area contributed by atoms with Gasteiger partial charge < -0.3 is 53.4 Å². The van der Waals surface area contributed by atoms with Crippen molar-refractivity contribution in [2.45, 2.75) is 83.6 Å². The number of rotatable bonds is 24. The molecule has 4 unspecified atom stereocenters. The van der Waals surface area contributed by atoms with E-state index in [9.17, 15) is 24.9 Å². The smallest absolute Gasteiger partial charge is 0.508 e. The van der Waals surface area contributed by atoms with E-state index < -0.39 is 36.5 Å². The molecule has 1 heterocycles. The van der Waals surface area contributed by atoms with E-state index in [2.05, 4.69) is 4.84 Å². The number of hydrogen-bond donors (Lipinski definition) is 5. The number of para-hydroxylation sites is 1. The lowest BCUT2D eigenvalue weighted by atomic mass is 9.84. The Morgan fingerprint density at radius 2 is 1.35 bits per heavy atom. The van der Waals surface area contributed by atoms with Gasteiger partial charge in [0.25, 0.3) is 0 Å². The first kappa shape index (κ1) is 52.0. The molecule has 6 aromatic carbocycles. The molecule has 4 atom stereocenters. The van der Waals surface area contributed by atoms with Gasteiger partial charge in [0.05, 0.1) is 76.9 Å². The predicted molar refractivity (Wildman–Crippen MR) is 257 cm³/mol. The summed E-state index contributed by atoms with van der Waals surface area (Å²) in [5, 5.41) is 49.6. The van der Waals surface area contributed by atoms with Crippen LogP contribution in [0.1, 0.15) is 64.6 Å². The van der Waals surface area contributed by atoms with E-state index >= 15 is 0 Å². The van der Waals surface area contributed by atoms with Gasteiger partial charge in [0.1, 0.15) is 36.6 Å². The summed E-state index contributed by atoms with van der Waals surface area (Å²) in [7, 11) is 0. The number of likely N-dealkylation sites (tertiary alicyclic amines) is 1. The minimum Gasteiger partial charge on any atom is -0.508 e. The van der Waals surface area contributed by atoms with Crippen molar-refractivity contribution in [1.82, 2.24) is 10.3 Å². The van der Waals surface area contributed by atoms with Crippen LogP contribution in [-0.4, -0.2) is 99.5 Å². The Morgan fingerprint density at radius 1 is 0.676 bits per heavy atom. The summed E-state index contributed by atoms with van der Waals surface area (Å²) in [5.41, 5.74) is 4.86. The number of carbonyl (C=O) groups is 2. The highest BCUT2D eigenvalue weighted by Gasteiger charge is 2.42. The van der Waals surface area contributed by atoms with Crippen LogP contribution in [0.3, 0.4) is 0 Å². The van der Waals surface area contributed by atoms with E-state index in [-0.39, 0.29) is 76.2 Å². The Hall–Kier alpha value is -6.80. The first-order valence-electron chi connectivity index (χ1n) is 23.4. The molecule has 71 heavy (non-hydrogen) atoms. The van der Waals surface area contributed by atoms with Gasteiger partial charge in [-0.25, -0.2) is 14.4 Å². The summed E-state index contributed by atoms with van der Waals surface area (Å²) in [6.07, 6.45) is -2.69.